The fourth-order valence-corrected chi connectivity index (χ4v) is 2.65. The number of benzene rings is 1. The van der Waals surface area contributed by atoms with Gasteiger partial charge in [-0.25, -0.2) is 0 Å². The summed E-state index contributed by atoms with van der Waals surface area (Å²) in [5.74, 6) is 0. The van der Waals surface area contributed by atoms with Crippen molar-refractivity contribution in [2.24, 2.45) is 0 Å². The quantitative estimate of drug-likeness (QED) is 0.916. The molecule has 1 N–H and O–H groups in total. The van der Waals surface area contributed by atoms with Crippen molar-refractivity contribution >= 4 is 15.9 Å². The molecule has 0 aromatic heterocycles. The van der Waals surface area contributed by atoms with Crippen molar-refractivity contribution in [2.45, 2.75) is 38.3 Å². The molecule has 1 aliphatic rings. The molecular weight excluding hydrogens is 278 g/mol. The number of hydrogen-bond donors (Lipinski definition) is 1. The molecule has 0 amide bonds. The summed E-state index contributed by atoms with van der Waals surface area (Å²) in [7, 11) is 0. The number of rotatable bonds is 4. The van der Waals surface area contributed by atoms with E-state index >= 15 is 0 Å². The lowest BCUT2D eigenvalue weighted by Crippen LogP contribution is -2.35. The summed E-state index contributed by atoms with van der Waals surface area (Å²) < 4.78 is 7.03. The Morgan fingerprint density at radius 2 is 2.12 bits per heavy atom. The first kappa shape index (κ1) is 13.1. The largest absolute Gasteiger partial charge is 0.376 e. The third-order valence-corrected chi connectivity index (χ3v) is 3.77. The molecule has 1 fully saturated rings. The Morgan fingerprint density at radius 1 is 1.35 bits per heavy atom. The van der Waals surface area contributed by atoms with Crippen molar-refractivity contribution in [1.82, 2.24) is 5.32 Å². The van der Waals surface area contributed by atoms with Gasteiger partial charge in [-0.2, -0.15) is 0 Å². The van der Waals surface area contributed by atoms with E-state index in [9.17, 15) is 0 Å². The zero-order valence-electron chi connectivity index (χ0n) is 10.3. The summed E-state index contributed by atoms with van der Waals surface area (Å²) in [6.45, 7) is 4.03. The average Bonchev–Trinajstić information content (AvgIpc) is 2.38. The van der Waals surface area contributed by atoms with Crippen LogP contribution in [0.15, 0.2) is 28.7 Å². The zero-order chi connectivity index (χ0) is 12.1. The van der Waals surface area contributed by atoms with E-state index in [0.29, 0.717) is 12.1 Å². The van der Waals surface area contributed by atoms with Crippen LogP contribution in [-0.2, 0) is 4.74 Å². The van der Waals surface area contributed by atoms with Crippen LogP contribution in [0.1, 0.15) is 37.8 Å². The molecule has 0 bridgehead atoms. The van der Waals surface area contributed by atoms with Gasteiger partial charge in [0.05, 0.1) is 12.1 Å². The van der Waals surface area contributed by atoms with E-state index in [1.54, 1.807) is 0 Å². The van der Waals surface area contributed by atoms with Crippen molar-refractivity contribution < 1.29 is 4.74 Å². The molecule has 2 atom stereocenters. The minimum absolute atomic E-state index is 0.324. The first-order valence-electron chi connectivity index (χ1n) is 6.41. The van der Waals surface area contributed by atoms with Gasteiger partial charge in [0.2, 0.25) is 0 Å². The van der Waals surface area contributed by atoms with Crippen molar-refractivity contribution in [3.8, 4) is 0 Å². The number of halogens is 1. The van der Waals surface area contributed by atoms with E-state index in [0.717, 1.165) is 24.0 Å². The SMILES string of the molecule is CCNC(c1ccc(Br)cc1)C1CCCCO1. The molecule has 0 aliphatic carbocycles. The van der Waals surface area contributed by atoms with Crippen LogP contribution in [0.3, 0.4) is 0 Å². The van der Waals surface area contributed by atoms with E-state index in [2.05, 4.69) is 52.4 Å². The first-order chi connectivity index (χ1) is 8.31. The zero-order valence-corrected chi connectivity index (χ0v) is 11.9. The van der Waals surface area contributed by atoms with Crippen molar-refractivity contribution in [1.29, 1.82) is 0 Å². The van der Waals surface area contributed by atoms with Gasteiger partial charge in [0.15, 0.2) is 0 Å². The summed E-state index contributed by atoms with van der Waals surface area (Å²) in [6, 6.07) is 8.88. The predicted octanol–water partition coefficient (Wildman–Crippen LogP) is 3.67. The highest BCUT2D eigenvalue weighted by atomic mass is 79.9. The van der Waals surface area contributed by atoms with Crippen LogP contribution in [0.5, 0.6) is 0 Å². The highest BCUT2D eigenvalue weighted by Crippen LogP contribution is 2.27. The summed E-state index contributed by atoms with van der Waals surface area (Å²) in [4.78, 5) is 0. The number of ether oxygens (including phenoxy) is 1. The molecule has 1 aromatic carbocycles. The molecule has 0 saturated carbocycles. The third kappa shape index (κ3) is 3.54. The molecule has 17 heavy (non-hydrogen) atoms. The smallest absolute Gasteiger partial charge is 0.0769 e. The van der Waals surface area contributed by atoms with Gasteiger partial charge in [-0.15, -0.1) is 0 Å². The molecule has 2 rings (SSSR count). The fraction of sp³-hybridized carbons (Fsp3) is 0.571. The summed E-state index contributed by atoms with van der Waals surface area (Å²) in [6.07, 6.45) is 3.97. The first-order valence-corrected chi connectivity index (χ1v) is 7.21. The van der Waals surface area contributed by atoms with Gasteiger partial charge in [-0.3, -0.25) is 0 Å². The molecule has 2 unspecified atom stereocenters. The number of hydrogen-bond acceptors (Lipinski definition) is 2. The van der Waals surface area contributed by atoms with Crippen molar-refractivity contribution in [3.05, 3.63) is 34.3 Å². The molecule has 0 spiro atoms. The van der Waals surface area contributed by atoms with Crippen LogP contribution >= 0.6 is 15.9 Å². The Labute approximate surface area is 112 Å². The molecule has 1 aromatic rings. The molecule has 0 radical (unpaired) electrons. The summed E-state index contributed by atoms with van der Waals surface area (Å²) >= 11 is 3.48. The summed E-state index contributed by atoms with van der Waals surface area (Å²) in [5.41, 5.74) is 1.32. The lowest BCUT2D eigenvalue weighted by molar-refractivity contribution is -0.00786. The van der Waals surface area contributed by atoms with Gasteiger partial charge >= 0.3 is 0 Å². The van der Waals surface area contributed by atoms with Crippen LogP contribution in [-0.4, -0.2) is 19.3 Å². The predicted molar refractivity (Wildman–Crippen MR) is 74.2 cm³/mol. The average molecular weight is 298 g/mol. The number of likely N-dealkylation sites (N-methyl/N-ethyl adjacent to an activating group) is 1. The second-order valence-electron chi connectivity index (χ2n) is 4.49. The van der Waals surface area contributed by atoms with Crippen LogP contribution in [0.4, 0.5) is 0 Å². The second-order valence-corrected chi connectivity index (χ2v) is 5.41. The standard InChI is InChI=1S/C14H20BrNO/c1-2-16-14(13-5-3-4-10-17-13)11-6-8-12(15)9-7-11/h6-9,13-14,16H,2-5,10H2,1H3. The van der Waals surface area contributed by atoms with Crippen LogP contribution in [0.2, 0.25) is 0 Å². The maximum Gasteiger partial charge on any atom is 0.0769 e. The fourth-order valence-electron chi connectivity index (χ4n) is 2.38. The van der Waals surface area contributed by atoms with Gasteiger partial charge in [-0.05, 0) is 43.5 Å². The summed E-state index contributed by atoms with van der Waals surface area (Å²) in [5, 5.41) is 3.55. The van der Waals surface area contributed by atoms with Crippen LogP contribution in [0, 0.1) is 0 Å². The van der Waals surface area contributed by atoms with E-state index in [4.69, 9.17) is 4.74 Å². The van der Waals surface area contributed by atoms with Crippen LogP contribution < -0.4 is 5.32 Å². The highest BCUT2D eigenvalue weighted by Gasteiger charge is 2.24. The van der Waals surface area contributed by atoms with E-state index in [1.165, 1.54) is 18.4 Å². The Morgan fingerprint density at radius 3 is 2.71 bits per heavy atom. The van der Waals surface area contributed by atoms with Gasteiger partial charge in [0.1, 0.15) is 0 Å². The minimum atomic E-state index is 0.324. The Hall–Kier alpha value is -0.380. The monoisotopic (exact) mass is 297 g/mol. The maximum absolute atomic E-state index is 5.90. The molecule has 1 heterocycles. The van der Waals surface area contributed by atoms with E-state index in [1.807, 2.05) is 0 Å². The maximum atomic E-state index is 5.90. The lowest BCUT2D eigenvalue weighted by Gasteiger charge is -2.31. The van der Waals surface area contributed by atoms with Crippen molar-refractivity contribution in [3.63, 3.8) is 0 Å². The van der Waals surface area contributed by atoms with Crippen molar-refractivity contribution in [2.75, 3.05) is 13.2 Å². The van der Waals surface area contributed by atoms with Gasteiger partial charge < -0.3 is 10.1 Å². The normalized spacial score (nSPS) is 22.4. The van der Waals surface area contributed by atoms with Gasteiger partial charge in [-0.1, -0.05) is 35.0 Å². The second kappa shape index (κ2) is 6.53. The van der Waals surface area contributed by atoms with Gasteiger partial charge in [0.25, 0.3) is 0 Å². The lowest BCUT2D eigenvalue weighted by atomic mass is 9.96. The number of nitrogens with one attached hydrogen (secondary N) is 1. The Balaban J connectivity index is 2.12. The molecule has 2 nitrogen and oxygen atoms in total. The molecule has 94 valence electrons. The van der Waals surface area contributed by atoms with Gasteiger partial charge in [0, 0.05) is 11.1 Å². The Kier molecular flexibility index (Phi) is 5.01. The minimum Gasteiger partial charge on any atom is -0.376 e. The third-order valence-electron chi connectivity index (χ3n) is 3.24. The molecular formula is C14H20BrNO. The Bertz CT molecular complexity index is 333. The van der Waals surface area contributed by atoms with E-state index < -0.39 is 0 Å². The molecule has 1 saturated heterocycles. The molecule has 3 heteroatoms. The molecule has 1 aliphatic heterocycles. The highest BCUT2D eigenvalue weighted by molar-refractivity contribution is 9.10. The van der Waals surface area contributed by atoms with Crippen LogP contribution in [0.25, 0.3) is 0 Å². The van der Waals surface area contributed by atoms with E-state index in [-0.39, 0.29) is 0 Å². The topological polar surface area (TPSA) is 21.3 Å².